The maximum Gasteiger partial charge on any atom is 0.407 e. The zero-order chi connectivity index (χ0) is 26.4. The summed E-state index contributed by atoms with van der Waals surface area (Å²) in [6.45, 7) is 5.94. The molecule has 2 aromatic heterocycles. The van der Waals surface area contributed by atoms with Gasteiger partial charge in [-0.05, 0) is 68.8 Å². The molecule has 0 spiro atoms. The van der Waals surface area contributed by atoms with E-state index in [2.05, 4.69) is 25.6 Å². The third-order valence-corrected chi connectivity index (χ3v) is 5.27. The van der Waals surface area contributed by atoms with Crippen LogP contribution in [0.2, 0.25) is 5.02 Å². The van der Waals surface area contributed by atoms with E-state index in [1.54, 1.807) is 30.3 Å². The highest BCUT2D eigenvalue weighted by Crippen LogP contribution is 2.31. The summed E-state index contributed by atoms with van der Waals surface area (Å²) in [5.41, 5.74) is 3.09. The zero-order valence-electron chi connectivity index (χ0n) is 20.6. The largest absolute Gasteiger partial charge is 0.487 e. The molecule has 2 heterocycles. The summed E-state index contributed by atoms with van der Waals surface area (Å²) in [6, 6.07) is 13.4. The van der Waals surface area contributed by atoms with Crippen molar-refractivity contribution >= 4 is 46.3 Å². The number of H-pyrrole nitrogens is 1. The summed E-state index contributed by atoms with van der Waals surface area (Å²) in [6.07, 6.45) is 4.63. The molecular weight excluding hydrogens is 497 g/mol. The minimum absolute atomic E-state index is 0.197. The third kappa shape index (κ3) is 7.44. The molecule has 0 saturated heterocycles. The minimum atomic E-state index is -0.548. The molecule has 37 heavy (non-hydrogen) atoms. The van der Waals surface area contributed by atoms with Gasteiger partial charge < -0.3 is 25.1 Å². The summed E-state index contributed by atoms with van der Waals surface area (Å²) < 4.78 is 24.3. The average Bonchev–Trinajstić information content (AvgIpc) is 3.24. The molecule has 0 bridgehead atoms. The van der Waals surface area contributed by atoms with Crippen molar-refractivity contribution in [3.63, 3.8) is 0 Å². The molecule has 0 radical (unpaired) electrons. The van der Waals surface area contributed by atoms with Gasteiger partial charge in [0.25, 0.3) is 0 Å². The molecule has 4 aromatic rings. The number of hydrogen-bond acceptors (Lipinski definition) is 6. The number of alkyl carbamates (subject to hydrolysis) is 1. The van der Waals surface area contributed by atoms with E-state index in [-0.39, 0.29) is 12.4 Å². The Balaban J connectivity index is 1.40. The first-order valence-corrected chi connectivity index (χ1v) is 11.9. The second kappa shape index (κ2) is 11.3. The van der Waals surface area contributed by atoms with Gasteiger partial charge in [0.2, 0.25) is 0 Å². The van der Waals surface area contributed by atoms with E-state index in [4.69, 9.17) is 21.1 Å². The van der Waals surface area contributed by atoms with E-state index in [9.17, 15) is 9.18 Å². The van der Waals surface area contributed by atoms with Crippen molar-refractivity contribution in [2.75, 3.05) is 11.9 Å². The molecule has 4 rings (SSSR count). The highest BCUT2D eigenvalue weighted by Gasteiger charge is 2.15. The van der Waals surface area contributed by atoms with Crippen LogP contribution in [-0.4, -0.2) is 33.2 Å². The molecule has 0 unspecified atom stereocenters. The van der Waals surface area contributed by atoms with Crippen molar-refractivity contribution in [1.29, 1.82) is 0 Å². The maximum absolute atomic E-state index is 13.4. The van der Waals surface area contributed by atoms with Crippen LogP contribution in [0, 0.1) is 5.82 Å². The second-order valence-electron chi connectivity index (χ2n) is 9.18. The van der Waals surface area contributed by atoms with Gasteiger partial charge in [-0.15, -0.1) is 0 Å². The molecule has 2 aromatic carbocycles. The number of anilines is 2. The van der Waals surface area contributed by atoms with Crippen LogP contribution in [0.4, 0.5) is 20.7 Å². The number of carbonyl (C=O) groups is 1. The fourth-order valence-corrected chi connectivity index (χ4v) is 3.64. The molecule has 0 saturated carbocycles. The lowest BCUT2D eigenvalue weighted by Gasteiger charge is -2.19. The highest BCUT2D eigenvalue weighted by molar-refractivity contribution is 6.32. The number of nitrogens with zero attached hydrogens (tertiary/aromatic N) is 2. The van der Waals surface area contributed by atoms with E-state index in [0.29, 0.717) is 39.9 Å². The Morgan fingerprint density at radius 1 is 1.16 bits per heavy atom. The molecule has 0 aliphatic rings. The number of aromatic amines is 1. The Kier molecular flexibility index (Phi) is 7.93. The normalized spacial score (nSPS) is 11.6. The second-order valence-corrected chi connectivity index (χ2v) is 9.59. The number of aromatic nitrogens is 3. The summed E-state index contributed by atoms with van der Waals surface area (Å²) >= 11 is 6.42. The minimum Gasteiger partial charge on any atom is -0.487 e. The van der Waals surface area contributed by atoms with Gasteiger partial charge in [0.15, 0.2) is 5.82 Å². The number of ether oxygens (including phenoxy) is 2. The number of amides is 1. The Morgan fingerprint density at radius 3 is 2.76 bits per heavy atom. The van der Waals surface area contributed by atoms with Crippen LogP contribution in [0.3, 0.4) is 0 Å². The fraction of sp³-hybridized carbons (Fsp3) is 0.222. The molecule has 0 aliphatic carbocycles. The molecule has 8 nitrogen and oxygen atoms in total. The standard InChI is InChI=1S/C27H27ClFN5O3/c1-27(2,3)37-26(35)30-11-5-8-19-14-22-24(33-19)25(32-16-31-22)34-20-9-10-23(21(28)13-20)36-15-17-6-4-7-18(29)12-17/h4-10,12-14,16,33H,11,15H2,1-3H3,(H,30,35)(H,31,32,34). The summed E-state index contributed by atoms with van der Waals surface area (Å²) in [7, 11) is 0. The Morgan fingerprint density at radius 2 is 2.00 bits per heavy atom. The van der Waals surface area contributed by atoms with Crippen molar-refractivity contribution in [3.8, 4) is 5.75 Å². The van der Waals surface area contributed by atoms with Crippen LogP contribution in [0.25, 0.3) is 17.1 Å². The lowest BCUT2D eigenvalue weighted by molar-refractivity contribution is 0.0534. The molecule has 0 aliphatic heterocycles. The van der Waals surface area contributed by atoms with Gasteiger partial charge in [-0.1, -0.05) is 29.8 Å². The van der Waals surface area contributed by atoms with Crippen LogP contribution in [0.1, 0.15) is 32.0 Å². The van der Waals surface area contributed by atoms with E-state index >= 15 is 0 Å². The quantitative estimate of drug-likeness (QED) is 0.240. The van der Waals surface area contributed by atoms with E-state index < -0.39 is 11.7 Å². The fourth-order valence-electron chi connectivity index (χ4n) is 3.41. The van der Waals surface area contributed by atoms with Gasteiger partial charge in [-0.25, -0.2) is 19.2 Å². The molecule has 0 atom stereocenters. The Bertz CT molecular complexity index is 1430. The van der Waals surface area contributed by atoms with E-state index in [1.165, 1.54) is 18.5 Å². The van der Waals surface area contributed by atoms with Crippen molar-refractivity contribution in [2.24, 2.45) is 0 Å². The lowest BCUT2D eigenvalue weighted by atomic mass is 10.2. The molecular formula is C27H27ClFN5O3. The van der Waals surface area contributed by atoms with E-state index in [1.807, 2.05) is 39.0 Å². The van der Waals surface area contributed by atoms with Crippen molar-refractivity contribution in [2.45, 2.75) is 33.0 Å². The first-order valence-electron chi connectivity index (χ1n) is 11.6. The Labute approximate surface area is 218 Å². The summed E-state index contributed by atoms with van der Waals surface area (Å²) in [5, 5.41) is 6.32. The maximum atomic E-state index is 13.4. The monoisotopic (exact) mass is 523 g/mol. The van der Waals surface area contributed by atoms with Gasteiger partial charge in [-0.2, -0.15) is 0 Å². The van der Waals surface area contributed by atoms with Crippen molar-refractivity contribution in [3.05, 3.63) is 83.0 Å². The van der Waals surface area contributed by atoms with Gasteiger partial charge in [0, 0.05) is 17.9 Å². The molecule has 10 heteroatoms. The van der Waals surface area contributed by atoms with E-state index in [0.717, 1.165) is 11.2 Å². The number of carbonyl (C=O) groups excluding carboxylic acids is 1. The smallest absolute Gasteiger partial charge is 0.407 e. The number of hydrogen-bond donors (Lipinski definition) is 3. The first-order chi connectivity index (χ1) is 17.7. The number of benzene rings is 2. The Hall–Kier alpha value is -4.11. The molecule has 192 valence electrons. The van der Waals surface area contributed by atoms with Crippen LogP contribution in [0.15, 0.2) is 60.9 Å². The van der Waals surface area contributed by atoms with Crippen molar-refractivity contribution in [1.82, 2.24) is 20.3 Å². The van der Waals surface area contributed by atoms with Gasteiger partial charge >= 0.3 is 6.09 Å². The predicted molar refractivity (Wildman–Crippen MR) is 143 cm³/mol. The average molecular weight is 524 g/mol. The number of rotatable bonds is 8. The van der Waals surface area contributed by atoms with Gasteiger partial charge in [0.1, 0.15) is 35.6 Å². The predicted octanol–water partition coefficient (Wildman–Crippen LogP) is 6.61. The number of fused-ring (bicyclic) bond motifs is 1. The molecule has 0 fully saturated rings. The topological polar surface area (TPSA) is 101 Å². The molecule has 3 N–H and O–H groups in total. The number of halogens is 2. The summed E-state index contributed by atoms with van der Waals surface area (Å²) in [5.74, 6) is 0.737. The molecule has 1 amide bonds. The van der Waals surface area contributed by atoms with Crippen LogP contribution in [0.5, 0.6) is 5.75 Å². The lowest BCUT2D eigenvalue weighted by Crippen LogP contribution is -2.32. The van der Waals surface area contributed by atoms with Gasteiger partial charge in [0.05, 0.1) is 10.5 Å². The SMILES string of the molecule is CC(C)(C)OC(=O)NCC=Cc1cc2ncnc(Nc3ccc(OCc4cccc(F)c4)c(Cl)c3)c2[nH]1. The summed E-state index contributed by atoms with van der Waals surface area (Å²) in [4.78, 5) is 23.7. The van der Waals surface area contributed by atoms with Crippen molar-refractivity contribution < 1.29 is 18.7 Å². The highest BCUT2D eigenvalue weighted by atomic mass is 35.5. The van der Waals surface area contributed by atoms with Gasteiger partial charge in [-0.3, -0.25) is 0 Å². The first kappa shape index (κ1) is 26.0. The van der Waals surface area contributed by atoms with Crippen LogP contribution < -0.4 is 15.4 Å². The number of nitrogens with one attached hydrogen (secondary N) is 3. The zero-order valence-corrected chi connectivity index (χ0v) is 21.4. The van der Waals surface area contributed by atoms with Crippen LogP contribution >= 0.6 is 11.6 Å². The third-order valence-electron chi connectivity index (χ3n) is 4.98. The van der Waals surface area contributed by atoms with Crippen LogP contribution in [-0.2, 0) is 11.3 Å².